The van der Waals surface area contributed by atoms with Crippen molar-refractivity contribution in [3.05, 3.63) is 18.0 Å². The molecular weight excluding hydrogens is 415 g/mol. The van der Waals surface area contributed by atoms with Gasteiger partial charge in [0.1, 0.15) is 6.61 Å². The van der Waals surface area contributed by atoms with Crippen LogP contribution in [0.5, 0.6) is 5.75 Å². The molecule has 0 bridgehead atoms. The molecule has 5 rings (SSSR count). The van der Waals surface area contributed by atoms with Gasteiger partial charge in [0.2, 0.25) is 5.91 Å². The van der Waals surface area contributed by atoms with E-state index in [9.17, 15) is 14.7 Å². The van der Waals surface area contributed by atoms with Gasteiger partial charge in [-0.2, -0.15) is 0 Å². The molecular formula is C22H27N4O4P. The first-order valence-electron chi connectivity index (χ1n) is 10.8. The van der Waals surface area contributed by atoms with Crippen LogP contribution in [0.4, 0.5) is 11.4 Å². The lowest BCUT2D eigenvalue weighted by Gasteiger charge is -2.38. The predicted octanol–water partition coefficient (Wildman–Crippen LogP) is 2.51. The van der Waals surface area contributed by atoms with Gasteiger partial charge < -0.3 is 29.9 Å². The summed E-state index contributed by atoms with van der Waals surface area (Å²) in [5.41, 5.74) is 3.67. The lowest BCUT2D eigenvalue weighted by Crippen LogP contribution is -2.40. The predicted molar refractivity (Wildman–Crippen MR) is 124 cm³/mol. The minimum absolute atomic E-state index is 0.0291. The molecule has 1 aromatic heterocycles. The summed E-state index contributed by atoms with van der Waals surface area (Å²) < 4.78 is 6.17. The van der Waals surface area contributed by atoms with Crippen LogP contribution in [0, 0.1) is 0 Å². The molecule has 3 aliphatic rings. The zero-order valence-electron chi connectivity index (χ0n) is 17.5. The summed E-state index contributed by atoms with van der Waals surface area (Å²) in [4.78, 5) is 31.1. The number of H-pyrrole nitrogens is 1. The third kappa shape index (κ3) is 3.24. The second kappa shape index (κ2) is 7.75. The van der Waals surface area contributed by atoms with Gasteiger partial charge in [0, 0.05) is 54.7 Å². The maximum absolute atomic E-state index is 12.0. The first-order chi connectivity index (χ1) is 15.0. The Bertz CT molecular complexity index is 1110. The van der Waals surface area contributed by atoms with Gasteiger partial charge in [0.15, 0.2) is 5.75 Å². The number of amides is 1. The third-order valence-corrected chi connectivity index (χ3v) is 6.99. The van der Waals surface area contributed by atoms with Crippen molar-refractivity contribution >= 4 is 54.3 Å². The number of piperidine rings is 1. The SMILES string of the molecule is CC1COc2c(NCCCN3CCCCC3=O)c(P)c3[nH]cc4c3c2N1C=C4C(=O)O. The number of carboxylic acids is 1. The van der Waals surface area contributed by atoms with Gasteiger partial charge in [-0.3, -0.25) is 4.79 Å². The average molecular weight is 442 g/mol. The Balaban J connectivity index is 1.45. The molecule has 2 aromatic rings. The van der Waals surface area contributed by atoms with Gasteiger partial charge in [0.25, 0.3) is 0 Å². The van der Waals surface area contributed by atoms with Gasteiger partial charge >= 0.3 is 5.97 Å². The largest absolute Gasteiger partial charge is 0.487 e. The number of rotatable bonds is 6. The molecule has 8 nitrogen and oxygen atoms in total. The molecule has 1 amide bonds. The standard InChI is InChI=1S/C22H27N4O4P/c1-12-11-30-20-18(23-6-4-8-25-7-3-2-5-15(25)27)21(31)17-16-13(9-24-17)14(22(28)29)10-26(12)19(16)20/h9-10,12,23-24H,2-8,11,31H2,1H3,(H,28,29). The lowest BCUT2D eigenvalue weighted by atomic mass is 9.96. The molecule has 2 unspecified atom stereocenters. The van der Waals surface area contributed by atoms with Crippen LogP contribution in [0.1, 0.15) is 38.2 Å². The first-order valence-corrected chi connectivity index (χ1v) is 11.4. The summed E-state index contributed by atoms with van der Waals surface area (Å²) in [6, 6.07) is 0.0291. The minimum Gasteiger partial charge on any atom is -0.487 e. The van der Waals surface area contributed by atoms with E-state index in [2.05, 4.69) is 19.5 Å². The smallest absolute Gasteiger partial charge is 0.337 e. The van der Waals surface area contributed by atoms with Gasteiger partial charge in [0.05, 0.1) is 28.5 Å². The van der Waals surface area contributed by atoms with Crippen LogP contribution < -0.4 is 20.3 Å². The van der Waals surface area contributed by atoms with E-state index in [0.29, 0.717) is 25.1 Å². The van der Waals surface area contributed by atoms with Crippen LogP contribution in [-0.2, 0) is 9.59 Å². The molecule has 1 aromatic carbocycles. The van der Waals surface area contributed by atoms with Gasteiger partial charge in [-0.1, -0.05) is 0 Å². The number of aromatic nitrogens is 1. The fourth-order valence-corrected chi connectivity index (χ4v) is 5.25. The molecule has 2 atom stereocenters. The number of anilines is 2. The normalized spacial score (nSPS) is 20.0. The Morgan fingerprint density at radius 3 is 3.03 bits per heavy atom. The highest BCUT2D eigenvalue weighted by Gasteiger charge is 2.36. The molecule has 3 N–H and O–H groups in total. The molecule has 164 valence electrons. The Morgan fingerprint density at radius 2 is 2.26 bits per heavy atom. The van der Waals surface area contributed by atoms with E-state index in [4.69, 9.17) is 4.74 Å². The van der Waals surface area contributed by atoms with Crippen molar-refractivity contribution in [2.75, 3.05) is 36.5 Å². The lowest BCUT2D eigenvalue weighted by molar-refractivity contribution is -0.133. The second-order valence-electron chi connectivity index (χ2n) is 8.45. The van der Waals surface area contributed by atoms with E-state index in [1.54, 1.807) is 12.4 Å². The fraction of sp³-hybridized carbons (Fsp3) is 0.455. The molecule has 1 saturated heterocycles. The van der Waals surface area contributed by atoms with E-state index in [1.165, 1.54) is 0 Å². The van der Waals surface area contributed by atoms with Crippen molar-refractivity contribution in [1.82, 2.24) is 9.88 Å². The summed E-state index contributed by atoms with van der Waals surface area (Å²) in [5.74, 6) is 0.0737. The van der Waals surface area contributed by atoms with Crippen LogP contribution in [0.3, 0.4) is 0 Å². The zero-order valence-corrected chi connectivity index (χ0v) is 18.7. The molecule has 3 aliphatic heterocycles. The highest BCUT2D eigenvalue weighted by Crippen LogP contribution is 2.50. The Morgan fingerprint density at radius 1 is 1.42 bits per heavy atom. The highest BCUT2D eigenvalue weighted by atomic mass is 31.0. The average Bonchev–Trinajstić information content (AvgIpc) is 3.20. The Labute approximate surface area is 182 Å². The number of aromatic amines is 1. The highest BCUT2D eigenvalue weighted by molar-refractivity contribution is 7.29. The number of benzene rings is 1. The summed E-state index contributed by atoms with van der Waals surface area (Å²) in [5, 5.41) is 15.1. The van der Waals surface area contributed by atoms with Crippen molar-refractivity contribution in [3.63, 3.8) is 0 Å². The first kappa shape index (κ1) is 20.2. The molecule has 0 radical (unpaired) electrons. The summed E-state index contributed by atoms with van der Waals surface area (Å²) >= 11 is 0. The number of carbonyl (C=O) groups excluding carboxylic acids is 1. The number of hydrogen-bond acceptors (Lipinski definition) is 5. The quantitative estimate of drug-likeness (QED) is 0.470. The second-order valence-corrected chi connectivity index (χ2v) is 9.03. The van der Waals surface area contributed by atoms with E-state index < -0.39 is 5.97 Å². The Kier molecular flexibility index (Phi) is 5.05. The number of carbonyl (C=O) groups is 2. The summed E-state index contributed by atoms with van der Waals surface area (Å²) in [7, 11) is 2.77. The minimum atomic E-state index is -0.938. The van der Waals surface area contributed by atoms with Gasteiger partial charge in [-0.25, -0.2) is 4.79 Å². The van der Waals surface area contributed by atoms with Crippen molar-refractivity contribution in [3.8, 4) is 5.75 Å². The number of hydrogen-bond donors (Lipinski definition) is 3. The van der Waals surface area contributed by atoms with E-state index >= 15 is 0 Å². The number of aliphatic carboxylic acids is 1. The van der Waals surface area contributed by atoms with Gasteiger partial charge in [-0.05, 0) is 26.2 Å². The van der Waals surface area contributed by atoms with E-state index in [1.807, 2.05) is 16.7 Å². The van der Waals surface area contributed by atoms with Crippen LogP contribution in [0.15, 0.2) is 12.4 Å². The molecule has 0 spiro atoms. The maximum Gasteiger partial charge on any atom is 0.337 e. The fourth-order valence-electron chi connectivity index (χ4n) is 4.79. The van der Waals surface area contributed by atoms with Crippen LogP contribution in [0.2, 0.25) is 0 Å². The van der Waals surface area contributed by atoms with Crippen LogP contribution in [0.25, 0.3) is 16.5 Å². The van der Waals surface area contributed by atoms with Crippen molar-refractivity contribution < 1.29 is 19.4 Å². The number of carboxylic acid groups (broad SMARTS) is 1. The molecule has 0 saturated carbocycles. The zero-order chi connectivity index (χ0) is 21.7. The number of nitrogens with one attached hydrogen (secondary N) is 2. The molecule has 9 heteroatoms. The van der Waals surface area contributed by atoms with E-state index in [-0.39, 0.29) is 17.5 Å². The van der Waals surface area contributed by atoms with Crippen molar-refractivity contribution in [2.24, 2.45) is 0 Å². The molecule has 4 heterocycles. The number of nitrogens with zero attached hydrogens (tertiary/aromatic N) is 2. The van der Waals surface area contributed by atoms with Crippen LogP contribution >= 0.6 is 9.24 Å². The van der Waals surface area contributed by atoms with Crippen molar-refractivity contribution in [2.45, 2.75) is 38.6 Å². The molecule has 0 aliphatic carbocycles. The Hall–Kier alpha value is -2.73. The van der Waals surface area contributed by atoms with Gasteiger partial charge in [-0.15, -0.1) is 9.24 Å². The van der Waals surface area contributed by atoms with E-state index in [0.717, 1.165) is 65.7 Å². The monoisotopic (exact) mass is 442 g/mol. The number of likely N-dealkylation sites (tertiary alicyclic amines) is 1. The van der Waals surface area contributed by atoms with Crippen molar-refractivity contribution in [1.29, 1.82) is 0 Å². The summed E-state index contributed by atoms with van der Waals surface area (Å²) in [6.45, 7) is 4.83. The summed E-state index contributed by atoms with van der Waals surface area (Å²) in [6.07, 6.45) is 7.08. The topological polar surface area (TPSA) is 97.9 Å². The number of ether oxygens (including phenoxy) is 1. The van der Waals surface area contributed by atoms with Crippen LogP contribution in [-0.4, -0.2) is 59.1 Å². The maximum atomic E-state index is 12.0. The molecule has 31 heavy (non-hydrogen) atoms. The molecule has 1 fully saturated rings. The third-order valence-electron chi connectivity index (χ3n) is 6.42.